The van der Waals surface area contributed by atoms with Crippen molar-refractivity contribution < 1.29 is 13.9 Å². The average molecular weight is 221 g/mol. The first-order chi connectivity index (χ1) is 7.79. The zero-order valence-electron chi connectivity index (χ0n) is 9.14. The van der Waals surface area contributed by atoms with Crippen LogP contribution in [0.2, 0.25) is 0 Å². The molecule has 16 heavy (non-hydrogen) atoms. The molecule has 0 bridgehead atoms. The second-order valence-electron chi connectivity index (χ2n) is 3.64. The third kappa shape index (κ3) is 2.53. The Kier molecular flexibility index (Phi) is 3.44. The molecule has 2 aromatic rings. The summed E-state index contributed by atoms with van der Waals surface area (Å²) < 4.78 is 10.6. The van der Waals surface area contributed by atoms with Gasteiger partial charge in [-0.2, -0.15) is 0 Å². The van der Waals surface area contributed by atoms with Crippen molar-refractivity contribution in [3.8, 4) is 0 Å². The quantitative estimate of drug-likeness (QED) is 0.812. The standard InChI is InChI=1S/C12H15NO3/c1-9(12-3-2-6-15-12)13-7-10-4-5-11(8-14)16-10/h2-6,9,13-14H,7-8H2,1H3/t9-/m0/s1. The van der Waals surface area contributed by atoms with Crippen LogP contribution in [-0.2, 0) is 13.2 Å². The minimum atomic E-state index is -0.0618. The molecule has 0 saturated carbocycles. The van der Waals surface area contributed by atoms with Gasteiger partial charge in [0.15, 0.2) is 0 Å². The monoisotopic (exact) mass is 221 g/mol. The summed E-state index contributed by atoms with van der Waals surface area (Å²) in [6.07, 6.45) is 1.66. The molecule has 0 saturated heterocycles. The summed E-state index contributed by atoms with van der Waals surface area (Å²) in [5.41, 5.74) is 0. The van der Waals surface area contributed by atoms with Crippen molar-refractivity contribution in [1.29, 1.82) is 0 Å². The van der Waals surface area contributed by atoms with Gasteiger partial charge in [-0.25, -0.2) is 0 Å². The van der Waals surface area contributed by atoms with Gasteiger partial charge in [-0.15, -0.1) is 0 Å². The molecule has 2 rings (SSSR count). The Labute approximate surface area is 93.9 Å². The molecule has 0 aromatic carbocycles. The first-order valence-electron chi connectivity index (χ1n) is 5.25. The maximum Gasteiger partial charge on any atom is 0.129 e. The van der Waals surface area contributed by atoms with E-state index < -0.39 is 0 Å². The van der Waals surface area contributed by atoms with Crippen LogP contribution in [0, 0.1) is 0 Å². The number of furan rings is 2. The van der Waals surface area contributed by atoms with Crippen LogP contribution in [0.5, 0.6) is 0 Å². The van der Waals surface area contributed by atoms with Crippen molar-refractivity contribution in [2.45, 2.75) is 26.1 Å². The van der Waals surface area contributed by atoms with E-state index in [-0.39, 0.29) is 12.6 Å². The van der Waals surface area contributed by atoms with Crippen LogP contribution in [0.3, 0.4) is 0 Å². The number of aliphatic hydroxyl groups excluding tert-OH is 1. The Hall–Kier alpha value is -1.52. The highest BCUT2D eigenvalue weighted by molar-refractivity contribution is 5.07. The fraction of sp³-hybridized carbons (Fsp3) is 0.333. The maximum absolute atomic E-state index is 8.85. The molecule has 0 aliphatic heterocycles. The van der Waals surface area contributed by atoms with Crippen molar-refractivity contribution in [1.82, 2.24) is 5.32 Å². The van der Waals surface area contributed by atoms with Gasteiger partial charge < -0.3 is 19.3 Å². The van der Waals surface area contributed by atoms with Gasteiger partial charge >= 0.3 is 0 Å². The fourth-order valence-electron chi connectivity index (χ4n) is 1.49. The molecular weight excluding hydrogens is 206 g/mol. The second-order valence-corrected chi connectivity index (χ2v) is 3.64. The van der Waals surface area contributed by atoms with Crippen LogP contribution in [0.15, 0.2) is 39.4 Å². The molecule has 4 nitrogen and oxygen atoms in total. The summed E-state index contributed by atoms with van der Waals surface area (Å²) in [5, 5.41) is 12.1. The number of hydrogen-bond acceptors (Lipinski definition) is 4. The number of nitrogens with one attached hydrogen (secondary N) is 1. The van der Waals surface area contributed by atoms with Crippen LogP contribution in [0.4, 0.5) is 0 Å². The van der Waals surface area contributed by atoms with Gasteiger partial charge in [0.1, 0.15) is 23.9 Å². The lowest BCUT2D eigenvalue weighted by Crippen LogP contribution is -2.17. The predicted molar refractivity (Wildman–Crippen MR) is 58.6 cm³/mol. The molecule has 0 amide bonds. The summed E-state index contributed by atoms with van der Waals surface area (Å²) in [7, 11) is 0. The lowest BCUT2D eigenvalue weighted by atomic mass is 10.2. The second kappa shape index (κ2) is 5.01. The molecule has 4 heteroatoms. The number of hydrogen-bond donors (Lipinski definition) is 2. The lowest BCUT2D eigenvalue weighted by Gasteiger charge is -2.09. The minimum absolute atomic E-state index is 0.0618. The number of aliphatic hydroxyl groups is 1. The van der Waals surface area contributed by atoms with Crippen molar-refractivity contribution in [3.63, 3.8) is 0 Å². The Morgan fingerprint density at radius 3 is 2.75 bits per heavy atom. The normalized spacial score (nSPS) is 12.9. The van der Waals surface area contributed by atoms with E-state index in [9.17, 15) is 0 Å². The van der Waals surface area contributed by atoms with E-state index in [1.165, 1.54) is 0 Å². The van der Waals surface area contributed by atoms with E-state index in [0.29, 0.717) is 12.3 Å². The molecule has 2 N–H and O–H groups in total. The smallest absolute Gasteiger partial charge is 0.129 e. The van der Waals surface area contributed by atoms with Crippen LogP contribution in [-0.4, -0.2) is 5.11 Å². The van der Waals surface area contributed by atoms with Gasteiger partial charge in [-0.3, -0.25) is 0 Å². The number of rotatable bonds is 5. The van der Waals surface area contributed by atoms with Crippen LogP contribution in [0.25, 0.3) is 0 Å². The minimum Gasteiger partial charge on any atom is -0.468 e. The van der Waals surface area contributed by atoms with Crippen molar-refractivity contribution in [2.24, 2.45) is 0 Å². The molecule has 0 aliphatic rings. The van der Waals surface area contributed by atoms with E-state index in [0.717, 1.165) is 11.5 Å². The largest absolute Gasteiger partial charge is 0.468 e. The third-order valence-corrected chi connectivity index (χ3v) is 2.43. The summed E-state index contributed by atoms with van der Waals surface area (Å²) >= 11 is 0. The molecule has 0 spiro atoms. The highest BCUT2D eigenvalue weighted by atomic mass is 16.4. The molecule has 0 fully saturated rings. The summed E-state index contributed by atoms with van der Waals surface area (Å²) in [5.74, 6) is 2.29. The zero-order valence-corrected chi connectivity index (χ0v) is 9.14. The molecule has 1 atom stereocenters. The highest BCUT2D eigenvalue weighted by Crippen LogP contribution is 2.14. The Morgan fingerprint density at radius 2 is 2.12 bits per heavy atom. The van der Waals surface area contributed by atoms with Gasteiger partial charge in [0.25, 0.3) is 0 Å². The highest BCUT2D eigenvalue weighted by Gasteiger charge is 2.08. The molecule has 86 valence electrons. The van der Waals surface area contributed by atoms with Gasteiger partial charge in [0.2, 0.25) is 0 Å². The Balaban J connectivity index is 1.87. The maximum atomic E-state index is 8.85. The van der Waals surface area contributed by atoms with Gasteiger partial charge in [0, 0.05) is 0 Å². The van der Waals surface area contributed by atoms with E-state index in [2.05, 4.69) is 5.32 Å². The van der Waals surface area contributed by atoms with Crippen LogP contribution in [0.1, 0.15) is 30.2 Å². The first-order valence-corrected chi connectivity index (χ1v) is 5.25. The van der Waals surface area contributed by atoms with Crippen molar-refractivity contribution in [2.75, 3.05) is 0 Å². The summed E-state index contributed by atoms with van der Waals surface area (Å²) in [4.78, 5) is 0. The summed E-state index contributed by atoms with van der Waals surface area (Å²) in [6.45, 7) is 2.57. The van der Waals surface area contributed by atoms with Gasteiger partial charge in [-0.05, 0) is 31.2 Å². The molecular formula is C12H15NO3. The lowest BCUT2D eigenvalue weighted by molar-refractivity contribution is 0.242. The molecule has 0 aliphatic carbocycles. The Bertz CT molecular complexity index is 419. The zero-order chi connectivity index (χ0) is 11.4. The van der Waals surface area contributed by atoms with Crippen molar-refractivity contribution in [3.05, 3.63) is 47.8 Å². The van der Waals surface area contributed by atoms with E-state index >= 15 is 0 Å². The van der Waals surface area contributed by atoms with Crippen LogP contribution >= 0.6 is 0 Å². The third-order valence-electron chi connectivity index (χ3n) is 2.43. The van der Waals surface area contributed by atoms with E-state index in [1.54, 1.807) is 12.3 Å². The van der Waals surface area contributed by atoms with Gasteiger partial charge in [0.05, 0.1) is 18.8 Å². The van der Waals surface area contributed by atoms with Gasteiger partial charge in [-0.1, -0.05) is 0 Å². The molecule has 0 unspecified atom stereocenters. The molecule has 2 aromatic heterocycles. The summed E-state index contributed by atoms with van der Waals surface area (Å²) in [6, 6.07) is 7.56. The van der Waals surface area contributed by atoms with Crippen molar-refractivity contribution >= 4 is 0 Å². The molecule has 0 radical (unpaired) electrons. The Morgan fingerprint density at radius 1 is 1.31 bits per heavy atom. The van der Waals surface area contributed by atoms with Crippen LogP contribution < -0.4 is 5.32 Å². The SMILES string of the molecule is C[C@H](NCc1ccc(CO)o1)c1ccco1. The first kappa shape index (κ1) is 11.0. The fourth-order valence-corrected chi connectivity index (χ4v) is 1.49. The van der Waals surface area contributed by atoms with E-state index in [1.807, 2.05) is 25.1 Å². The average Bonchev–Trinajstić information content (AvgIpc) is 2.96. The molecule has 2 heterocycles. The topological polar surface area (TPSA) is 58.5 Å². The predicted octanol–water partition coefficient (Wildman–Crippen LogP) is 2.22. The van der Waals surface area contributed by atoms with E-state index in [4.69, 9.17) is 13.9 Å².